The van der Waals surface area contributed by atoms with Crippen molar-refractivity contribution < 1.29 is 19.4 Å². The van der Waals surface area contributed by atoms with Gasteiger partial charge in [0.1, 0.15) is 6.10 Å². The van der Waals surface area contributed by atoms with Crippen molar-refractivity contribution in [1.82, 2.24) is 0 Å². The Balaban J connectivity index is 4.07. The van der Waals surface area contributed by atoms with Crippen LogP contribution >= 0.6 is 0 Å². The van der Waals surface area contributed by atoms with Gasteiger partial charge >= 0.3 is 11.9 Å². The van der Waals surface area contributed by atoms with Crippen LogP contribution in [0.2, 0.25) is 0 Å². The molecule has 0 saturated heterocycles. The third-order valence-corrected chi connectivity index (χ3v) is 8.01. The first kappa shape index (κ1) is 41.9. The van der Waals surface area contributed by atoms with Crippen molar-refractivity contribution in [2.24, 2.45) is 0 Å². The highest BCUT2D eigenvalue weighted by atomic mass is 16.5. The van der Waals surface area contributed by atoms with Crippen LogP contribution in [0, 0.1) is 0 Å². The first-order valence-electron chi connectivity index (χ1n) is 18.6. The molecule has 0 heterocycles. The Morgan fingerprint density at radius 3 is 1.48 bits per heavy atom. The molecule has 0 bridgehead atoms. The molecule has 4 heteroatoms. The summed E-state index contributed by atoms with van der Waals surface area (Å²) in [5, 5.41) is 8.76. The number of carboxylic acid groups (broad SMARTS) is 1. The van der Waals surface area contributed by atoms with Gasteiger partial charge in [-0.25, -0.2) is 0 Å². The molecule has 0 aliphatic carbocycles. The lowest BCUT2D eigenvalue weighted by atomic mass is 10.1. The number of ether oxygens (including phenoxy) is 1. The molecule has 0 aromatic carbocycles. The third-order valence-electron chi connectivity index (χ3n) is 8.01. The molecule has 1 N–H and O–H groups in total. The van der Waals surface area contributed by atoms with Crippen molar-refractivity contribution in [2.45, 2.75) is 193 Å². The largest absolute Gasteiger partial charge is 0.481 e. The lowest BCUT2D eigenvalue weighted by Crippen LogP contribution is -2.16. The molecule has 0 rings (SSSR count). The van der Waals surface area contributed by atoms with Gasteiger partial charge in [0.2, 0.25) is 0 Å². The molecule has 44 heavy (non-hydrogen) atoms. The third kappa shape index (κ3) is 34.4. The van der Waals surface area contributed by atoms with Crippen molar-refractivity contribution in [3.05, 3.63) is 48.6 Å². The lowest BCUT2D eigenvalue weighted by molar-refractivity contribution is -0.147. The molecule has 1 unspecified atom stereocenters. The summed E-state index contributed by atoms with van der Waals surface area (Å²) in [6.07, 6.45) is 47.1. The summed E-state index contributed by atoms with van der Waals surface area (Å²) in [7, 11) is 0. The molecule has 0 aliphatic heterocycles. The standard InChI is InChI=1S/C40H70O4/c1-3-5-7-9-11-13-14-15-16-17-18-19-20-21-23-29-33-37-40(43)44-38(34-30-26-22-12-10-8-6-4-2)35-31-27-24-25-28-32-36-39(41)42/h11-13,15-16,22,30,34,38H,3-10,14,17-21,23-29,31-33,35-37H2,1-2H3,(H,41,42)/b13-11-,16-15-,22-12-,34-30-. The summed E-state index contributed by atoms with van der Waals surface area (Å²) < 4.78 is 5.88. The van der Waals surface area contributed by atoms with E-state index >= 15 is 0 Å². The van der Waals surface area contributed by atoms with Gasteiger partial charge in [-0.3, -0.25) is 9.59 Å². The maximum Gasteiger partial charge on any atom is 0.306 e. The molecule has 254 valence electrons. The van der Waals surface area contributed by atoms with Crippen LogP contribution in [0.5, 0.6) is 0 Å². The van der Waals surface area contributed by atoms with E-state index in [2.05, 4.69) is 62.5 Å². The van der Waals surface area contributed by atoms with E-state index in [1.54, 1.807) is 0 Å². The number of allylic oxidation sites excluding steroid dienone is 7. The molecule has 0 aromatic heterocycles. The summed E-state index contributed by atoms with van der Waals surface area (Å²) in [5.74, 6) is -0.769. The molecule has 0 spiro atoms. The quantitative estimate of drug-likeness (QED) is 0.0454. The molecular weight excluding hydrogens is 544 g/mol. The van der Waals surface area contributed by atoms with Crippen LogP contribution in [0.25, 0.3) is 0 Å². The van der Waals surface area contributed by atoms with E-state index in [-0.39, 0.29) is 18.5 Å². The smallest absolute Gasteiger partial charge is 0.306 e. The first-order chi connectivity index (χ1) is 21.6. The Morgan fingerprint density at radius 1 is 0.523 bits per heavy atom. The van der Waals surface area contributed by atoms with Crippen LogP contribution in [-0.2, 0) is 14.3 Å². The minimum absolute atomic E-state index is 0.0639. The molecule has 0 aliphatic rings. The maximum absolute atomic E-state index is 12.6. The second kappa shape index (κ2) is 35.4. The Bertz CT molecular complexity index is 748. The van der Waals surface area contributed by atoms with Crippen LogP contribution in [-0.4, -0.2) is 23.1 Å². The molecule has 0 radical (unpaired) electrons. The highest BCUT2D eigenvalue weighted by Gasteiger charge is 2.11. The monoisotopic (exact) mass is 615 g/mol. The number of hydrogen-bond acceptors (Lipinski definition) is 3. The van der Waals surface area contributed by atoms with Gasteiger partial charge in [0, 0.05) is 12.8 Å². The van der Waals surface area contributed by atoms with Crippen LogP contribution in [0.3, 0.4) is 0 Å². The highest BCUT2D eigenvalue weighted by Crippen LogP contribution is 2.15. The number of hydrogen-bond donors (Lipinski definition) is 1. The van der Waals surface area contributed by atoms with Gasteiger partial charge in [-0.2, -0.15) is 0 Å². The fraction of sp³-hybridized carbons (Fsp3) is 0.750. The predicted octanol–water partition coefficient (Wildman–Crippen LogP) is 12.8. The van der Waals surface area contributed by atoms with Crippen molar-refractivity contribution >= 4 is 11.9 Å². The number of aliphatic carboxylic acids is 1. The average molecular weight is 615 g/mol. The Kier molecular flexibility index (Phi) is 33.7. The van der Waals surface area contributed by atoms with E-state index in [0.717, 1.165) is 77.0 Å². The van der Waals surface area contributed by atoms with Crippen LogP contribution in [0.1, 0.15) is 187 Å². The summed E-state index contributed by atoms with van der Waals surface area (Å²) in [4.78, 5) is 23.2. The molecule has 1 atom stereocenters. The number of esters is 1. The van der Waals surface area contributed by atoms with Gasteiger partial charge in [-0.15, -0.1) is 0 Å². The van der Waals surface area contributed by atoms with E-state index < -0.39 is 5.97 Å². The van der Waals surface area contributed by atoms with Crippen molar-refractivity contribution in [3.63, 3.8) is 0 Å². The zero-order valence-electron chi connectivity index (χ0n) is 29.0. The summed E-state index contributed by atoms with van der Waals surface area (Å²) >= 11 is 0. The normalized spacial score (nSPS) is 12.8. The van der Waals surface area contributed by atoms with Crippen molar-refractivity contribution in [3.8, 4) is 0 Å². The fourth-order valence-electron chi connectivity index (χ4n) is 5.22. The van der Waals surface area contributed by atoms with E-state index in [9.17, 15) is 9.59 Å². The van der Waals surface area contributed by atoms with E-state index in [1.807, 2.05) is 0 Å². The average Bonchev–Trinajstić information content (AvgIpc) is 3.01. The van der Waals surface area contributed by atoms with Gasteiger partial charge in [0.05, 0.1) is 0 Å². The van der Waals surface area contributed by atoms with Gasteiger partial charge in [-0.1, -0.05) is 140 Å². The van der Waals surface area contributed by atoms with E-state index in [0.29, 0.717) is 6.42 Å². The zero-order valence-corrected chi connectivity index (χ0v) is 29.0. The lowest BCUT2D eigenvalue weighted by Gasteiger charge is -2.14. The summed E-state index contributed by atoms with van der Waals surface area (Å²) in [5.41, 5.74) is 0. The molecule has 0 amide bonds. The topological polar surface area (TPSA) is 63.6 Å². The summed E-state index contributed by atoms with van der Waals surface area (Å²) in [6, 6.07) is 0. The maximum atomic E-state index is 12.6. The predicted molar refractivity (Wildman–Crippen MR) is 190 cm³/mol. The summed E-state index contributed by atoms with van der Waals surface area (Å²) in [6.45, 7) is 4.48. The Morgan fingerprint density at radius 2 is 0.955 bits per heavy atom. The first-order valence-corrected chi connectivity index (χ1v) is 18.6. The number of unbranched alkanes of at least 4 members (excludes halogenated alkanes) is 18. The highest BCUT2D eigenvalue weighted by molar-refractivity contribution is 5.69. The van der Waals surface area contributed by atoms with Gasteiger partial charge < -0.3 is 9.84 Å². The molecule has 0 fully saturated rings. The number of carboxylic acids is 1. The van der Waals surface area contributed by atoms with E-state index in [4.69, 9.17) is 9.84 Å². The molecule has 4 nitrogen and oxygen atoms in total. The molecular formula is C40H70O4. The fourth-order valence-corrected chi connectivity index (χ4v) is 5.22. The number of rotatable bonds is 33. The number of carbonyl (C=O) groups is 2. The minimum Gasteiger partial charge on any atom is -0.481 e. The van der Waals surface area contributed by atoms with E-state index in [1.165, 1.54) is 83.5 Å². The minimum atomic E-state index is -0.705. The molecule has 0 saturated carbocycles. The second-order valence-electron chi connectivity index (χ2n) is 12.4. The Hall–Kier alpha value is -2.10. The van der Waals surface area contributed by atoms with Gasteiger partial charge in [0.15, 0.2) is 0 Å². The molecule has 0 aromatic rings. The zero-order chi connectivity index (χ0) is 32.2. The second-order valence-corrected chi connectivity index (χ2v) is 12.4. The van der Waals surface area contributed by atoms with Crippen LogP contribution < -0.4 is 0 Å². The van der Waals surface area contributed by atoms with Crippen LogP contribution in [0.15, 0.2) is 48.6 Å². The van der Waals surface area contributed by atoms with Crippen LogP contribution in [0.4, 0.5) is 0 Å². The van der Waals surface area contributed by atoms with Gasteiger partial charge in [-0.05, 0) is 83.1 Å². The van der Waals surface area contributed by atoms with Crippen molar-refractivity contribution in [1.29, 1.82) is 0 Å². The SMILES string of the molecule is CCCCC/C=C\C/C=C\CCCCCCCCCC(=O)OC(/C=C\C/C=C\CCCCC)CCCCCCCCC(=O)O. The number of carbonyl (C=O) groups excluding carboxylic acids is 1. The Labute approximate surface area is 272 Å². The van der Waals surface area contributed by atoms with Crippen molar-refractivity contribution in [2.75, 3.05) is 0 Å². The van der Waals surface area contributed by atoms with Gasteiger partial charge in [0.25, 0.3) is 0 Å².